The van der Waals surface area contributed by atoms with Crippen LogP contribution in [-0.2, 0) is 16.3 Å². The lowest BCUT2D eigenvalue weighted by Crippen LogP contribution is -2.40. The fourth-order valence-corrected chi connectivity index (χ4v) is 5.95. The third-order valence-corrected chi connectivity index (χ3v) is 8.39. The van der Waals surface area contributed by atoms with Crippen LogP contribution in [0.25, 0.3) is 16.8 Å². The summed E-state index contributed by atoms with van der Waals surface area (Å²) in [5, 5.41) is 13.7. The van der Waals surface area contributed by atoms with Gasteiger partial charge in [-0.3, -0.25) is 0 Å². The van der Waals surface area contributed by atoms with E-state index < -0.39 is 9.73 Å². The fraction of sp³-hybridized carbons (Fsp3) is 0.280. The van der Waals surface area contributed by atoms with Crippen LogP contribution in [0, 0.1) is 11.3 Å². The molecule has 0 saturated carbocycles. The first-order valence-corrected chi connectivity index (χ1v) is 13.2. The second kappa shape index (κ2) is 9.83. The summed E-state index contributed by atoms with van der Waals surface area (Å²) in [5.41, 5.74) is 3.35. The molecule has 5 rings (SSSR count). The molecule has 11 heteroatoms. The molecular weight excluding hydrogens is 478 g/mol. The van der Waals surface area contributed by atoms with E-state index in [-0.39, 0.29) is 0 Å². The van der Waals surface area contributed by atoms with Gasteiger partial charge in [-0.1, -0.05) is 12.1 Å². The number of anilines is 1. The van der Waals surface area contributed by atoms with Crippen LogP contribution in [0.5, 0.6) is 11.6 Å². The zero-order valence-corrected chi connectivity index (χ0v) is 20.8. The molecular formula is C25H25N7O3S. The molecule has 4 heterocycles. The first kappa shape index (κ1) is 23.6. The topological polar surface area (TPSA) is 118 Å². The van der Waals surface area contributed by atoms with E-state index in [0.717, 1.165) is 22.7 Å². The summed E-state index contributed by atoms with van der Waals surface area (Å²) >= 11 is 0. The maximum absolute atomic E-state index is 13.2. The Labute approximate surface area is 209 Å². The number of nitriles is 1. The van der Waals surface area contributed by atoms with Crippen LogP contribution in [0.4, 0.5) is 5.82 Å². The summed E-state index contributed by atoms with van der Waals surface area (Å²) in [4.78, 5) is 11.3. The molecule has 36 heavy (non-hydrogen) atoms. The van der Waals surface area contributed by atoms with Gasteiger partial charge >= 0.3 is 0 Å². The lowest BCUT2D eigenvalue weighted by molar-refractivity contribution is 0.395. The van der Waals surface area contributed by atoms with E-state index in [1.165, 1.54) is 13.3 Å². The van der Waals surface area contributed by atoms with Crippen molar-refractivity contribution >= 4 is 21.1 Å². The van der Waals surface area contributed by atoms with E-state index in [9.17, 15) is 9.47 Å². The lowest BCUT2D eigenvalue weighted by atomic mass is 10.1. The Morgan fingerprint density at radius 2 is 1.86 bits per heavy atom. The number of aromatic nitrogens is 4. The van der Waals surface area contributed by atoms with Crippen LogP contribution in [0.3, 0.4) is 0 Å². The van der Waals surface area contributed by atoms with E-state index in [4.69, 9.17) is 9.47 Å². The van der Waals surface area contributed by atoms with E-state index in [0.29, 0.717) is 53.8 Å². The molecule has 0 aliphatic carbocycles. The third kappa shape index (κ3) is 4.67. The number of fused-ring (bicyclic) bond motifs is 1. The van der Waals surface area contributed by atoms with Gasteiger partial charge in [-0.25, -0.2) is 23.1 Å². The van der Waals surface area contributed by atoms with Crippen LogP contribution >= 0.6 is 0 Å². The third-order valence-electron chi connectivity index (χ3n) is 6.15. The smallest absolute Gasteiger partial charge is 0.232 e. The standard InChI is InChI=1S/C25H25N7O3S/c1-34-21-6-3-18(4-7-21)14-29-36(33)11-9-31(10-12-36)22-8-5-19(15-27-22)24-25-20(13-26)16-28-32(25)17-23(30-24)35-2/h3-8,15-17H,9-12,14H2,1-2H3. The Bertz CT molecular complexity index is 1540. The van der Waals surface area contributed by atoms with Crippen molar-refractivity contribution in [3.05, 3.63) is 66.1 Å². The molecule has 0 atom stereocenters. The highest BCUT2D eigenvalue weighted by Crippen LogP contribution is 2.28. The van der Waals surface area contributed by atoms with Crippen molar-refractivity contribution in [2.45, 2.75) is 6.54 Å². The number of ether oxygens (including phenoxy) is 2. The van der Waals surface area contributed by atoms with E-state index >= 15 is 0 Å². The van der Waals surface area contributed by atoms with Gasteiger partial charge in [0.2, 0.25) is 5.88 Å². The summed E-state index contributed by atoms with van der Waals surface area (Å²) < 4.78 is 29.9. The summed E-state index contributed by atoms with van der Waals surface area (Å²) in [7, 11) is 0.894. The summed E-state index contributed by atoms with van der Waals surface area (Å²) in [6.45, 7) is 1.65. The largest absolute Gasteiger partial charge is 0.497 e. The number of hydrogen-bond donors (Lipinski definition) is 0. The Hall–Kier alpha value is -4.17. The molecule has 0 N–H and O–H groups in total. The van der Waals surface area contributed by atoms with Gasteiger partial charge < -0.3 is 14.4 Å². The molecule has 184 valence electrons. The number of benzene rings is 1. The number of methoxy groups -OCH3 is 2. The van der Waals surface area contributed by atoms with Crippen molar-refractivity contribution in [1.82, 2.24) is 19.6 Å². The highest BCUT2D eigenvalue weighted by atomic mass is 32.2. The van der Waals surface area contributed by atoms with Crippen LogP contribution < -0.4 is 14.4 Å². The molecule has 1 aromatic carbocycles. The highest BCUT2D eigenvalue weighted by molar-refractivity contribution is 7.93. The number of rotatable bonds is 6. The normalized spacial score (nSPS) is 14.9. The Kier molecular flexibility index (Phi) is 6.43. The highest BCUT2D eigenvalue weighted by Gasteiger charge is 2.22. The maximum atomic E-state index is 13.2. The minimum atomic E-state index is -2.27. The van der Waals surface area contributed by atoms with Crippen molar-refractivity contribution in [3.8, 4) is 29.0 Å². The summed E-state index contributed by atoms with van der Waals surface area (Å²) in [6, 6.07) is 13.6. The van der Waals surface area contributed by atoms with E-state index in [2.05, 4.69) is 30.4 Å². The summed E-state index contributed by atoms with van der Waals surface area (Å²) in [6.07, 6.45) is 4.87. The maximum Gasteiger partial charge on any atom is 0.232 e. The zero-order chi connectivity index (χ0) is 25.1. The van der Waals surface area contributed by atoms with Crippen LogP contribution in [0.1, 0.15) is 11.1 Å². The van der Waals surface area contributed by atoms with Crippen molar-refractivity contribution in [2.75, 3.05) is 43.7 Å². The fourth-order valence-electron chi connectivity index (χ4n) is 4.09. The molecule has 0 bridgehead atoms. The van der Waals surface area contributed by atoms with Crippen molar-refractivity contribution in [2.24, 2.45) is 4.36 Å². The molecule has 1 saturated heterocycles. The molecule has 0 amide bonds. The zero-order valence-electron chi connectivity index (χ0n) is 20.0. The van der Waals surface area contributed by atoms with Crippen molar-refractivity contribution < 1.29 is 13.7 Å². The second-order valence-corrected chi connectivity index (χ2v) is 10.9. The first-order valence-electron chi connectivity index (χ1n) is 11.4. The SMILES string of the molecule is COc1ccc(CN=S2(=O)CCN(c3ccc(-c4nc(OC)cn5ncc(C#N)c45)cn3)CC2)cc1. The summed E-state index contributed by atoms with van der Waals surface area (Å²) in [5.74, 6) is 2.96. The number of hydrogen-bond acceptors (Lipinski definition) is 9. The molecule has 0 unspecified atom stereocenters. The second-order valence-electron chi connectivity index (χ2n) is 8.30. The predicted molar refractivity (Wildman–Crippen MR) is 137 cm³/mol. The van der Waals surface area contributed by atoms with E-state index in [1.54, 1.807) is 24.0 Å². The molecule has 0 radical (unpaired) electrons. The van der Waals surface area contributed by atoms with Gasteiger partial charge in [-0.05, 0) is 29.8 Å². The van der Waals surface area contributed by atoms with Gasteiger partial charge in [-0.15, -0.1) is 0 Å². The molecule has 1 fully saturated rings. The molecule has 10 nitrogen and oxygen atoms in total. The monoisotopic (exact) mass is 503 g/mol. The van der Waals surface area contributed by atoms with Gasteiger partial charge in [0, 0.05) is 36.4 Å². The molecule has 3 aromatic heterocycles. The lowest BCUT2D eigenvalue weighted by Gasteiger charge is -2.29. The van der Waals surface area contributed by atoms with Gasteiger partial charge in [0.15, 0.2) is 0 Å². The molecule has 0 spiro atoms. The van der Waals surface area contributed by atoms with Crippen LogP contribution in [0.2, 0.25) is 0 Å². The molecule has 4 aromatic rings. The van der Waals surface area contributed by atoms with Gasteiger partial charge in [0.05, 0.1) is 42.9 Å². The van der Waals surface area contributed by atoms with Gasteiger partial charge in [0.25, 0.3) is 0 Å². The van der Waals surface area contributed by atoms with Crippen LogP contribution in [-0.4, -0.2) is 62.6 Å². The van der Waals surface area contributed by atoms with Crippen molar-refractivity contribution in [3.63, 3.8) is 0 Å². The predicted octanol–water partition coefficient (Wildman–Crippen LogP) is 3.17. The van der Waals surface area contributed by atoms with Crippen molar-refractivity contribution in [1.29, 1.82) is 5.26 Å². The van der Waals surface area contributed by atoms with Gasteiger partial charge in [0.1, 0.15) is 34.4 Å². The minimum absolute atomic E-state index is 0.387. The Morgan fingerprint density at radius 1 is 1.08 bits per heavy atom. The Balaban J connectivity index is 1.31. The average Bonchev–Trinajstić information content (AvgIpc) is 3.35. The van der Waals surface area contributed by atoms with E-state index in [1.807, 2.05) is 36.4 Å². The van der Waals surface area contributed by atoms with Crippen LogP contribution in [0.15, 0.2) is 59.4 Å². The first-order chi connectivity index (χ1) is 17.5. The Morgan fingerprint density at radius 3 is 2.50 bits per heavy atom. The average molecular weight is 504 g/mol. The number of pyridine rings is 1. The minimum Gasteiger partial charge on any atom is -0.497 e. The molecule has 1 aliphatic rings. The quantitative estimate of drug-likeness (QED) is 0.394. The number of nitrogens with zero attached hydrogens (tertiary/aromatic N) is 7. The molecule has 1 aliphatic heterocycles. The van der Waals surface area contributed by atoms with Gasteiger partial charge in [-0.2, -0.15) is 10.4 Å².